The van der Waals surface area contributed by atoms with Crippen LogP contribution in [0.5, 0.6) is 0 Å². The van der Waals surface area contributed by atoms with Gasteiger partial charge in [-0.1, -0.05) is 12.2 Å². The molecule has 3 aliphatic carbocycles. The zero-order valence-corrected chi connectivity index (χ0v) is 14.8. The molecule has 130 valence electrons. The Morgan fingerprint density at radius 1 is 1.36 bits per heavy atom. The molecule has 0 aromatic rings. The summed E-state index contributed by atoms with van der Waals surface area (Å²) in [6, 6.07) is 0. The van der Waals surface area contributed by atoms with Gasteiger partial charge in [-0.2, -0.15) is 0 Å². The molecule has 4 heteroatoms. The Kier molecular flexibility index (Phi) is 3.78. The molecule has 4 rings (SSSR count). The van der Waals surface area contributed by atoms with Crippen LogP contribution in [-0.2, 0) is 9.47 Å². The molecule has 0 aromatic carbocycles. The molecular formula is C21H24NO3+. The number of hydrogen-bond donors (Lipinski definition) is 0. The average Bonchev–Trinajstić information content (AvgIpc) is 2.62. The van der Waals surface area contributed by atoms with Gasteiger partial charge in [0.05, 0.1) is 14.2 Å². The SMILES string of the molecule is C=CCC1CC2=C[N+](=O)C(OC)=CC34C=CC(OC)=CC3=C2CC1C4. The topological polar surface area (TPSA) is 38.5 Å². The Bertz CT molecular complexity index is 796. The van der Waals surface area contributed by atoms with E-state index in [1.807, 2.05) is 18.2 Å². The number of fused-ring (bicyclic) bond motifs is 1. The van der Waals surface area contributed by atoms with E-state index < -0.39 is 0 Å². The molecule has 0 amide bonds. The Morgan fingerprint density at radius 2 is 2.20 bits per heavy atom. The molecule has 4 aliphatic rings. The van der Waals surface area contributed by atoms with Gasteiger partial charge in [0.1, 0.15) is 10.5 Å². The number of ether oxygens (including phenoxy) is 2. The highest BCUT2D eigenvalue weighted by Crippen LogP contribution is 2.57. The Labute approximate surface area is 148 Å². The first-order valence-corrected chi connectivity index (χ1v) is 8.84. The lowest BCUT2D eigenvalue weighted by atomic mass is 9.56. The number of hydrogen-bond acceptors (Lipinski definition) is 3. The molecule has 25 heavy (non-hydrogen) atoms. The molecule has 0 aromatic heterocycles. The van der Waals surface area contributed by atoms with Gasteiger partial charge in [-0.05, 0) is 60.8 Å². The largest absolute Gasteiger partial charge is 0.497 e. The molecular weight excluding hydrogens is 314 g/mol. The molecule has 3 atom stereocenters. The van der Waals surface area contributed by atoms with Crippen molar-refractivity contribution in [3.8, 4) is 0 Å². The van der Waals surface area contributed by atoms with Crippen LogP contribution in [-0.4, -0.2) is 19.0 Å². The minimum absolute atomic E-state index is 0.298. The number of nitroso groups, excluding NO2 is 1. The summed E-state index contributed by atoms with van der Waals surface area (Å²) in [4.78, 5) is 12.6. The number of rotatable bonds is 4. The number of methoxy groups -OCH3 is 2. The predicted molar refractivity (Wildman–Crippen MR) is 96.1 cm³/mol. The quantitative estimate of drug-likeness (QED) is 0.558. The standard InChI is InChI=1S/C21H24NO3/c1-4-5-14-8-16-13-22(23)20(25-3)12-21-7-6-17(24-2)10-19(21)18(16)9-15(14)11-21/h4,6-7,10,12-15H,1,5,8-9,11H2,2-3H3/q+1. The maximum absolute atomic E-state index is 12.6. The van der Waals surface area contributed by atoms with Gasteiger partial charge in [0.15, 0.2) is 0 Å². The van der Waals surface area contributed by atoms with Crippen molar-refractivity contribution in [1.29, 1.82) is 0 Å². The second kappa shape index (κ2) is 5.87. The minimum Gasteiger partial charge on any atom is -0.497 e. The van der Waals surface area contributed by atoms with Crippen LogP contribution < -0.4 is 0 Å². The summed E-state index contributed by atoms with van der Waals surface area (Å²) in [6.45, 7) is 3.93. The van der Waals surface area contributed by atoms with Crippen LogP contribution in [0.3, 0.4) is 0 Å². The van der Waals surface area contributed by atoms with Crippen LogP contribution in [0.15, 0.2) is 71.5 Å². The Balaban J connectivity index is 1.96. The number of nitrogens with zero attached hydrogens (tertiary/aromatic N) is 1. The summed E-state index contributed by atoms with van der Waals surface area (Å²) in [5.74, 6) is 2.34. The van der Waals surface area contributed by atoms with Gasteiger partial charge in [0, 0.05) is 22.0 Å². The van der Waals surface area contributed by atoms with E-state index in [9.17, 15) is 4.91 Å². The van der Waals surface area contributed by atoms with Crippen molar-refractivity contribution in [2.75, 3.05) is 14.2 Å². The van der Waals surface area contributed by atoms with Crippen LogP contribution in [0.25, 0.3) is 0 Å². The third-order valence-electron chi connectivity index (χ3n) is 6.05. The number of allylic oxidation sites excluding steroid dienone is 8. The molecule has 0 saturated heterocycles. The van der Waals surface area contributed by atoms with Crippen LogP contribution in [0.2, 0.25) is 0 Å². The van der Waals surface area contributed by atoms with Gasteiger partial charge >= 0.3 is 5.88 Å². The molecule has 0 N–H and O–H groups in total. The zero-order chi connectivity index (χ0) is 17.6. The molecule has 1 aliphatic heterocycles. The second-order valence-corrected chi connectivity index (χ2v) is 7.34. The lowest BCUT2D eigenvalue weighted by Crippen LogP contribution is -2.38. The molecule has 3 bridgehead atoms. The van der Waals surface area contributed by atoms with Crippen molar-refractivity contribution in [3.63, 3.8) is 0 Å². The van der Waals surface area contributed by atoms with Gasteiger partial charge in [-0.25, -0.2) is 0 Å². The van der Waals surface area contributed by atoms with Crippen molar-refractivity contribution in [3.05, 3.63) is 76.4 Å². The van der Waals surface area contributed by atoms with Crippen LogP contribution >= 0.6 is 0 Å². The first kappa shape index (κ1) is 16.1. The third-order valence-corrected chi connectivity index (χ3v) is 6.05. The van der Waals surface area contributed by atoms with Crippen LogP contribution in [0.4, 0.5) is 0 Å². The van der Waals surface area contributed by atoms with Gasteiger partial charge in [0.25, 0.3) is 0 Å². The monoisotopic (exact) mass is 338 g/mol. The van der Waals surface area contributed by atoms with E-state index in [-0.39, 0.29) is 5.41 Å². The summed E-state index contributed by atoms with van der Waals surface area (Å²) in [5.41, 5.74) is 3.40. The highest BCUT2D eigenvalue weighted by molar-refractivity contribution is 5.55. The highest BCUT2D eigenvalue weighted by Gasteiger charge is 2.48. The van der Waals surface area contributed by atoms with Gasteiger partial charge in [0.2, 0.25) is 6.20 Å². The maximum Gasteiger partial charge on any atom is 0.419 e. The van der Waals surface area contributed by atoms with E-state index in [4.69, 9.17) is 9.47 Å². The summed E-state index contributed by atoms with van der Waals surface area (Å²) >= 11 is 0. The fraction of sp³-hybridized carbons (Fsp3) is 0.429. The van der Waals surface area contributed by atoms with E-state index in [1.165, 1.54) is 11.1 Å². The predicted octanol–water partition coefficient (Wildman–Crippen LogP) is 4.54. The van der Waals surface area contributed by atoms with E-state index in [0.29, 0.717) is 17.7 Å². The Morgan fingerprint density at radius 3 is 2.92 bits per heavy atom. The van der Waals surface area contributed by atoms with Crippen LogP contribution in [0.1, 0.15) is 25.7 Å². The van der Waals surface area contributed by atoms with Crippen molar-refractivity contribution in [1.82, 2.24) is 0 Å². The fourth-order valence-corrected chi connectivity index (χ4v) is 4.85. The highest BCUT2D eigenvalue weighted by atomic mass is 16.5. The van der Waals surface area contributed by atoms with Crippen molar-refractivity contribution >= 4 is 0 Å². The summed E-state index contributed by atoms with van der Waals surface area (Å²) < 4.78 is 11.8. The van der Waals surface area contributed by atoms with Gasteiger partial charge in [-0.15, -0.1) is 6.58 Å². The summed E-state index contributed by atoms with van der Waals surface area (Å²) in [7, 11) is 3.25. The molecule has 0 spiro atoms. The molecule has 0 radical (unpaired) electrons. The van der Waals surface area contributed by atoms with Gasteiger partial charge < -0.3 is 9.47 Å². The Hall–Kier alpha value is -2.36. The molecule has 4 nitrogen and oxygen atoms in total. The lowest BCUT2D eigenvalue weighted by Gasteiger charge is -2.47. The van der Waals surface area contributed by atoms with E-state index >= 15 is 0 Å². The van der Waals surface area contributed by atoms with Crippen LogP contribution in [0, 0.1) is 22.2 Å². The van der Waals surface area contributed by atoms with E-state index in [1.54, 1.807) is 20.4 Å². The maximum atomic E-state index is 12.6. The van der Waals surface area contributed by atoms with Crippen molar-refractivity contribution in [2.24, 2.45) is 17.3 Å². The van der Waals surface area contributed by atoms with E-state index in [0.717, 1.165) is 41.8 Å². The molecule has 1 heterocycles. The molecule has 3 unspecified atom stereocenters. The smallest absolute Gasteiger partial charge is 0.419 e. The van der Waals surface area contributed by atoms with Gasteiger partial charge in [-0.3, -0.25) is 0 Å². The lowest BCUT2D eigenvalue weighted by molar-refractivity contribution is -0.462. The van der Waals surface area contributed by atoms with E-state index in [2.05, 4.69) is 18.7 Å². The zero-order valence-electron chi connectivity index (χ0n) is 14.8. The first-order valence-electron chi connectivity index (χ1n) is 8.84. The fourth-order valence-electron chi connectivity index (χ4n) is 4.85. The minimum atomic E-state index is -0.298. The average molecular weight is 338 g/mol. The van der Waals surface area contributed by atoms with Crippen molar-refractivity contribution < 1.29 is 14.2 Å². The first-order chi connectivity index (χ1) is 12.1. The third kappa shape index (κ3) is 2.43. The molecule has 1 fully saturated rings. The second-order valence-electron chi connectivity index (χ2n) is 7.34. The summed E-state index contributed by atoms with van der Waals surface area (Å²) in [6.07, 6.45) is 16.0. The normalized spacial score (nSPS) is 32.9. The molecule has 1 saturated carbocycles. The summed E-state index contributed by atoms with van der Waals surface area (Å²) in [5, 5.41) is 0. The van der Waals surface area contributed by atoms with Crippen molar-refractivity contribution in [2.45, 2.75) is 25.7 Å².